The Morgan fingerprint density at radius 3 is 2.33 bits per heavy atom. The lowest BCUT2D eigenvalue weighted by molar-refractivity contribution is 0.320. The number of fused-ring (bicyclic) bond motifs is 1. The average Bonchev–Trinajstić information content (AvgIpc) is 2.71. The highest BCUT2D eigenvalue weighted by atomic mass is 32.2. The van der Waals surface area contributed by atoms with E-state index in [0.717, 1.165) is 10.2 Å². The first-order valence-electron chi connectivity index (χ1n) is 6.06. The number of nitrogens with zero attached hydrogens (tertiary/aromatic N) is 2. The first-order valence-corrected chi connectivity index (χ1v) is 7.99. The molecule has 5 heteroatoms. The molecule has 0 radical (unpaired) electrons. The molecule has 1 aromatic carbocycles. The molecule has 1 heterocycles. The highest BCUT2D eigenvalue weighted by molar-refractivity contribution is 7.85. The maximum atomic E-state index is 12.6. The number of thiazole rings is 1. The zero-order valence-corrected chi connectivity index (χ0v) is 12.7. The average molecular weight is 282 g/mol. The Labute approximate surface area is 114 Å². The topological polar surface area (TPSA) is 33.2 Å². The molecule has 2 rings (SSSR count). The van der Waals surface area contributed by atoms with Gasteiger partial charge in [0.25, 0.3) is 0 Å². The van der Waals surface area contributed by atoms with Crippen LogP contribution in [0.4, 0.5) is 0 Å². The summed E-state index contributed by atoms with van der Waals surface area (Å²) in [5, 5.41) is 0. The quantitative estimate of drug-likeness (QED) is 0.860. The number of hydrogen-bond acceptors (Lipinski definition) is 3. The number of benzene rings is 1. The molecule has 98 valence electrons. The van der Waals surface area contributed by atoms with Gasteiger partial charge in [-0.2, -0.15) is 0 Å². The van der Waals surface area contributed by atoms with E-state index in [1.54, 1.807) is 0 Å². The molecule has 1 atom stereocenters. The molecule has 0 saturated carbocycles. The SMILES string of the molecule is CC(C)N(C(C)C)[S@](=O)c1nc2ccccc2s1. The van der Waals surface area contributed by atoms with E-state index >= 15 is 0 Å². The summed E-state index contributed by atoms with van der Waals surface area (Å²) < 4.78 is 16.4. The van der Waals surface area contributed by atoms with Crippen molar-refractivity contribution in [2.75, 3.05) is 0 Å². The van der Waals surface area contributed by atoms with Gasteiger partial charge in [-0.1, -0.05) is 12.1 Å². The van der Waals surface area contributed by atoms with Crippen molar-refractivity contribution in [2.24, 2.45) is 0 Å². The summed E-state index contributed by atoms with van der Waals surface area (Å²) in [6.07, 6.45) is 0. The third-order valence-corrected chi connectivity index (χ3v) is 5.76. The molecular formula is C13H18N2OS2. The van der Waals surface area contributed by atoms with Crippen LogP contribution < -0.4 is 0 Å². The van der Waals surface area contributed by atoms with Crippen molar-refractivity contribution >= 4 is 32.5 Å². The highest BCUT2D eigenvalue weighted by Gasteiger charge is 2.24. The van der Waals surface area contributed by atoms with Gasteiger partial charge in [0.05, 0.1) is 10.2 Å². The molecule has 0 fully saturated rings. The van der Waals surface area contributed by atoms with Crippen LogP contribution in [0.2, 0.25) is 0 Å². The molecule has 0 aliphatic carbocycles. The van der Waals surface area contributed by atoms with Gasteiger partial charge >= 0.3 is 0 Å². The molecule has 1 aromatic heterocycles. The maximum Gasteiger partial charge on any atom is 0.197 e. The third-order valence-electron chi connectivity index (χ3n) is 2.63. The van der Waals surface area contributed by atoms with E-state index in [2.05, 4.69) is 32.7 Å². The first kappa shape index (κ1) is 13.6. The second kappa shape index (κ2) is 5.47. The summed E-state index contributed by atoms with van der Waals surface area (Å²) in [6.45, 7) is 8.24. The molecule has 0 amide bonds. The molecule has 0 bridgehead atoms. The normalized spacial score (nSPS) is 13.9. The fourth-order valence-electron chi connectivity index (χ4n) is 2.00. The Hall–Kier alpha value is -0.780. The second-order valence-corrected chi connectivity index (χ2v) is 7.34. The lowest BCUT2D eigenvalue weighted by atomic mass is 10.3. The number of hydrogen-bond donors (Lipinski definition) is 0. The van der Waals surface area contributed by atoms with Gasteiger partial charge in [-0.25, -0.2) is 13.5 Å². The van der Waals surface area contributed by atoms with E-state index in [-0.39, 0.29) is 12.1 Å². The van der Waals surface area contributed by atoms with Crippen molar-refractivity contribution in [3.05, 3.63) is 24.3 Å². The van der Waals surface area contributed by atoms with Crippen molar-refractivity contribution in [2.45, 2.75) is 44.1 Å². The van der Waals surface area contributed by atoms with Crippen LogP contribution in [-0.4, -0.2) is 25.6 Å². The van der Waals surface area contributed by atoms with Crippen LogP contribution in [0.1, 0.15) is 27.7 Å². The van der Waals surface area contributed by atoms with Gasteiger partial charge in [-0.15, -0.1) is 11.3 Å². The van der Waals surface area contributed by atoms with Crippen LogP contribution in [-0.2, 0) is 11.0 Å². The summed E-state index contributed by atoms with van der Waals surface area (Å²) in [6, 6.07) is 8.38. The van der Waals surface area contributed by atoms with Crippen molar-refractivity contribution in [3.63, 3.8) is 0 Å². The van der Waals surface area contributed by atoms with E-state index in [1.165, 1.54) is 11.3 Å². The van der Waals surface area contributed by atoms with Gasteiger partial charge in [0, 0.05) is 12.1 Å². The number of rotatable bonds is 4. The van der Waals surface area contributed by atoms with Crippen molar-refractivity contribution in [3.8, 4) is 0 Å². The predicted octanol–water partition coefficient (Wildman–Crippen LogP) is 3.44. The van der Waals surface area contributed by atoms with Crippen LogP contribution in [0.15, 0.2) is 28.6 Å². The summed E-state index contributed by atoms with van der Waals surface area (Å²) in [5.74, 6) is 0. The Morgan fingerprint density at radius 1 is 1.17 bits per heavy atom. The van der Waals surface area contributed by atoms with Gasteiger partial charge in [0.2, 0.25) is 0 Å². The minimum Gasteiger partial charge on any atom is -0.235 e. The smallest absolute Gasteiger partial charge is 0.197 e. The van der Waals surface area contributed by atoms with E-state index in [0.29, 0.717) is 4.34 Å². The summed E-state index contributed by atoms with van der Waals surface area (Å²) in [5.41, 5.74) is 0.929. The Morgan fingerprint density at radius 2 is 1.78 bits per heavy atom. The molecule has 0 aliphatic rings. The third kappa shape index (κ3) is 2.63. The zero-order valence-electron chi connectivity index (χ0n) is 11.1. The van der Waals surface area contributed by atoms with Crippen LogP contribution >= 0.6 is 11.3 Å². The molecule has 0 spiro atoms. The molecule has 3 nitrogen and oxygen atoms in total. The molecule has 18 heavy (non-hydrogen) atoms. The summed E-state index contributed by atoms with van der Waals surface area (Å²) >= 11 is 1.52. The van der Waals surface area contributed by atoms with E-state index in [9.17, 15) is 4.21 Å². The van der Waals surface area contributed by atoms with Gasteiger partial charge in [0.15, 0.2) is 15.3 Å². The van der Waals surface area contributed by atoms with Gasteiger partial charge in [-0.05, 0) is 39.8 Å². The Balaban J connectivity index is 2.38. The van der Waals surface area contributed by atoms with E-state index in [1.807, 2.05) is 28.6 Å². The molecule has 0 N–H and O–H groups in total. The molecular weight excluding hydrogens is 264 g/mol. The monoisotopic (exact) mass is 282 g/mol. The van der Waals surface area contributed by atoms with Crippen LogP contribution in [0, 0.1) is 0 Å². The second-order valence-electron chi connectivity index (χ2n) is 4.74. The number of aromatic nitrogens is 1. The molecule has 0 saturated heterocycles. The summed E-state index contributed by atoms with van der Waals surface area (Å²) in [4.78, 5) is 4.48. The summed E-state index contributed by atoms with van der Waals surface area (Å²) in [7, 11) is -1.17. The largest absolute Gasteiger partial charge is 0.235 e. The first-order chi connectivity index (χ1) is 8.50. The van der Waals surface area contributed by atoms with Gasteiger partial charge in [-0.3, -0.25) is 0 Å². The van der Waals surface area contributed by atoms with Crippen molar-refractivity contribution < 1.29 is 4.21 Å². The van der Waals surface area contributed by atoms with Crippen LogP contribution in [0.3, 0.4) is 0 Å². The lowest BCUT2D eigenvalue weighted by Gasteiger charge is -2.27. The zero-order chi connectivity index (χ0) is 13.3. The maximum absolute atomic E-state index is 12.6. The van der Waals surface area contributed by atoms with Crippen molar-refractivity contribution in [1.29, 1.82) is 0 Å². The number of para-hydroxylation sites is 1. The minimum absolute atomic E-state index is 0.234. The fourth-order valence-corrected chi connectivity index (χ4v) is 4.63. The van der Waals surface area contributed by atoms with E-state index in [4.69, 9.17) is 0 Å². The van der Waals surface area contributed by atoms with Crippen LogP contribution in [0.25, 0.3) is 10.2 Å². The molecule has 0 unspecified atom stereocenters. The van der Waals surface area contributed by atoms with Crippen LogP contribution in [0.5, 0.6) is 0 Å². The standard InChI is InChI=1S/C13H18N2OS2/c1-9(2)15(10(3)4)18(16)13-14-11-7-5-6-8-12(11)17-13/h5-10H,1-4H3/t18-/m1/s1. The fraction of sp³-hybridized carbons (Fsp3) is 0.462. The van der Waals surface area contributed by atoms with Gasteiger partial charge in [0.1, 0.15) is 0 Å². The minimum atomic E-state index is -1.17. The lowest BCUT2D eigenvalue weighted by Crippen LogP contribution is -2.38. The Kier molecular flexibility index (Phi) is 4.14. The van der Waals surface area contributed by atoms with E-state index < -0.39 is 11.0 Å². The molecule has 2 aromatic rings. The Bertz CT molecular complexity index is 522. The molecule has 0 aliphatic heterocycles. The van der Waals surface area contributed by atoms with Crippen molar-refractivity contribution in [1.82, 2.24) is 9.29 Å². The highest BCUT2D eigenvalue weighted by Crippen LogP contribution is 2.26. The van der Waals surface area contributed by atoms with Gasteiger partial charge < -0.3 is 0 Å². The predicted molar refractivity (Wildman–Crippen MR) is 78.1 cm³/mol.